The van der Waals surface area contributed by atoms with Crippen LogP contribution in [0.2, 0.25) is 0 Å². The van der Waals surface area contributed by atoms with Crippen molar-refractivity contribution in [1.29, 1.82) is 0 Å². The van der Waals surface area contributed by atoms with E-state index < -0.39 is 0 Å². The molecule has 2 rings (SSSR count). The van der Waals surface area contributed by atoms with Gasteiger partial charge in [-0.1, -0.05) is 18.2 Å². The lowest BCUT2D eigenvalue weighted by Gasteiger charge is -2.10. The number of benzene rings is 1. The molecule has 0 atom stereocenters. The lowest BCUT2D eigenvalue weighted by molar-refractivity contribution is 0.110. The lowest BCUT2D eigenvalue weighted by Crippen LogP contribution is -2.05. The van der Waals surface area contributed by atoms with Crippen LogP contribution in [0.1, 0.15) is 10.6 Å². The molecule has 0 bridgehead atoms. The molecule has 1 aromatic heterocycles. The maximum Gasteiger partial charge on any atom is 0.185 e. The van der Waals surface area contributed by atoms with Crippen LogP contribution < -0.4 is 4.74 Å². The van der Waals surface area contributed by atoms with E-state index in [2.05, 4.69) is 0 Å². The summed E-state index contributed by atoms with van der Waals surface area (Å²) in [5.74, 6) is 1.01. The largest absolute Gasteiger partial charge is 0.491 e. The van der Waals surface area contributed by atoms with E-state index >= 15 is 0 Å². The highest BCUT2D eigenvalue weighted by Crippen LogP contribution is 2.32. The van der Waals surface area contributed by atoms with Crippen LogP contribution in [0.3, 0.4) is 0 Å². The first-order valence-corrected chi connectivity index (χ1v) is 5.60. The molecule has 4 heteroatoms. The molecule has 0 spiro atoms. The molecule has 0 fully saturated rings. The highest BCUT2D eigenvalue weighted by Gasteiger charge is 2.12. The second kappa shape index (κ2) is 6.02. The third kappa shape index (κ3) is 2.60. The van der Waals surface area contributed by atoms with Gasteiger partial charge < -0.3 is 13.9 Å². The van der Waals surface area contributed by atoms with Crippen LogP contribution in [-0.4, -0.2) is 26.6 Å². The van der Waals surface area contributed by atoms with Gasteiger partial charge in [-0.15, -0.1) is 0 Å². The zero-order valence-electron chi connectivity index (χ0n) is 10.1. The van der Waals surface area contributed by atoms with E-state index in [1.54, 1.807) is 13.2 Å². The molecule has 1 heterocycles. The summed E-state index contributed by atoms with van der Waals surface area (Å²) in [6, 6.07) is 9.27. The number of ether oxygens (including phenoxy) is 2. The van der Waals surface area contributed by atoms with Crippen LogP contribution in [0, 0.1) is 0 Å². The van der Waals surface area contributed by atoms with E-state index in [0.29, 0.717) is 31.0 Å². The minimum Gasteiger partial charge on any atom is -0.491 e. The van der Waals surface area contributed by atoms with Gasteiger partial charge in [-0.25, -0.2) is 0 Å². The van der Waals surface area contributed by atoms with Gasteiger partial charge in [0, 0.05) is 18.2 Å². The molecule has 2 aromatic rings. The molecular weight excluding hydrogens is 232 g/mol. The maximum absolute atomic E-state index is 10.9. The van der Waals surface area contributed by atoms with E-state index in [4.69, 9.17) is 13.9 Å². The minimum atomic E-state index is 0.304. The van der Waals surface area contributed by atoms with Gasteiger partial charge in [0.1, 0.15) is 12.4 Å². The first kappa shape index (κ1) is 12.4. The Bertz CT molecular complexity index is 516. The molecule has 18 heavy (non-hydrogen) atoms. The molecule has 0 radical (unpaired) electrons. The Labute approximate surface area is 105 Å². The minimum absolute atomic E-state index is 0.304. The van der Waals surface area contributed by atoms with Crippen molar-refractivity contribution < 1.29 is 18.7 Å². The highest BCUT2D eigenvalue weighted by molar-refractivity contribution is 5.86. The fourth-order valence-corrected chi connectivity index (χ4v) is 1.68. The summed E-state index contributed by atoms with van der Waals surface area (Å²) in [6.07, 6.45) is 2.19. The standard InChI is InChI=1S/C14H14O4/c1-16-8-9-18-13-5-3-2-4-11(13)12-6-7-17-14(12)10-15/h2-7,10H,8-9H2,1H3. The van der Waals surface area contributed by atoms with Crippen molar-refractivity contribution in [2.24, 2.45) is 0 Å². The van der Waals surface area contributed by atoms with Gasteiger partial charge in [0.15, 0.2) is 12.0 Å². The molecule has 0 aliphatic rings. The fourth-order valence-electron chi connectivity index (χ4n) is 1.68. The Morgan fingerprint density at radius 3 is 2.78 bits per heavy atom. The molecule has 94 valence electrons. The predicted molar refractivity (Wildman–Crippen MR) is 66.9 cm³/mol. The Morgan fingerprint density at radius 1 is 1.17 bits per heavy atom. The molecular formula is C14H14O4. The van der Waals surface area contributed by atoms with Gasteiger partial charge in [0.05, 0.1) is 12.9 Å². The van der Waals surface area contributed by atoms with Crippen LogP contribution in [-0.2, 0) is 4.74 Å². The summed E-state index contributed by atoms with van der Waals surface area (Å²) in [4.78, 5) is 10.9. The quantitative estimate of drug-likeness (QED) is 0.581. The SMILES string of the molecule is COCCOc1ccccc1-c1ccoc1C=O. The van der Waals surface area contributed by atoms with Crippen LogP contribution in [0.25, 0.3) is 11.1 Å². The number of furan rings is 1. The van der Waals surface area contributed by atoms with Crippen molar-refractivity contribution in [1.82, 2.24) is 0 Å². The molecule has 0 amide bonds. The van der Waals surface area contributed by atoms with Gasteiger partial charge in [0.25, 0.3) is 0 Å². The summed E-state index contributed by atoms with van der Waals surface area (Å²) in [5.41, 5.74) is 1.57. The monoisotopic (exact) mass is 246 g/mol. The lowest BCUT2D eigenvalue weighted by atomic mass is 10.1. The number of carbonyl (C=O) groups is 1. The Kier molecular flexibility index (Phi) is 4.15. The summed E-state index contributed by atoms with van der Waals surface area (Å²) >= 11 is 0. The molecule has 0 N–H and O–H groups in total. The first-order valence-electron chi connectivity index (χ1n) is 5.60. The second-order valence-corrected chi connectivity index (χ2v) is 3.65. The number of aldehydes is 1. The summed E-state index contributed by atoms with van der Waals surface area (Å²) < 4.78 is 15.7. The third-order valence-corrected chi connectivity index (χ3v) is 2.52. The molecule has 4 nitrogen and oxygen atoms in total. The molecule has 0 saturated heterocycles. The van der Waals surface area contributed by atoms with E-state index in [1.165, 1.54) is 6.26 Å². The number of methoxy groups -OCH3 is 1. The van der Waals surface area contributed by atoms with E-state index in [1.807, 2.05) is 24.3 Å². The molecule has 1 aromatic carbocycles. The number of hydrogen-bond acceptors (Lipinski definition) is 4. The van der Waals surface area contributed by atoms with Crippen molar-refractivity contribution in [3.8, 4) is 16.9 Å². The van der Waals surface area contributed by atoms with Crippen molar-refractivity contribution >= 4 is 6.29 Å². The van der Waals surface area contributed by atoms with Gasteiger partial charge in [-0.3, -0.25) is 4.79 Å². The molecule has 0 aliphatic heterocycles. The van der Waals surface area contributed by atoms with E-state index in [-0.39, 0.29) is 0 Å². The van der Waals surface area contributed by atoms with Gasteiger partial charge in [0.2, 0.25) is 0 Å². The smallest absolute Gasteiger partial charge is 0.185 e. The predicted octanol–water partition coefficient (Wildman–Crippen LogP) is 2.78. The zero-order valence-corrected chi connectivity index (χ0v) is 10.1. The first-order chi connectivity index (χ1) is 8.86. The molecule has 0 aliphatic carbocycles. The number of rotatable bonds is 6. The topological polar surface area (TPSA) is 48.7 Å². The van der Waals surface area contributed by atoms with Crippen molar-refractivity contribution in [3.05, 3.63) is 42.4 Å². The van der Waals surface area contributed by atoms with Crippen molar-refractivity contribution in [3.63, 3.8) is 0 Å². The number of para-hydroxylation sites is 1. The molecule has 0 unspecified atom stereocenters. The maximum atomic E-state index is 10.9. The Balaban J connectivity index is 2.29. The van der Waals surface area contributed by atoms with Crippen molar-refractivity contribution in [2.45, 2.75) is 0 Å². The summed E-state index contributed by atoms with van der Waals surface area (Å²) in [5, 5.41) is 0. The van der Waals surface area contributed by atoms with Gasteiger partial charge in [-0.2, -0.15) is 0 Å². The summed E-state index contributed by atoms with van der Waals surface area (Å²) in [6.45, 7) is 0.974. The fraction of sp³-hybridized carbons (Fsp3) is 0.214. The zero-order chi connectivity index (χ0) is 12.8. The van der Waals surface area contributed by atoms with E-state index in [9.17, 15) is 4.79 Å². The van der Waals surface area contributed by atoms with E-state index in [0.717, 1.165) is 11.1 Å². The normalized spacial score (nSPS) is 10.3. The number of carbonyl (C=O) groups excluding carboxylic acids is 1. The van der Waals surface area contributed by atoms with Crippen LogP contribution in [0.5, 0.6) is 5.75 Å². The number of hydrogen-bond donors (Lipinski definition) is 0. The van der Waals surface area contributed by atoms with Gasteiger partial charge in [-0.05, 0) is 12.1 Å². The third-order valence-electron chi connectivity index (χ3n) is 2.52. The van der Waals surface area contributed by atoms with Crippen molar-refractivity contribution in [2.75, 3.05) is 20.3 Å². The average molecular weight is 246 g/mol. The van der Waals surface area contributed by atoms with Crippen LogP contribution in [0.15, 0.2) is 41.0 Å². The Hall–Kier alpha value is -2.07. The summed E-state index contributed by atoms with van der Waals surface area (Å²) in [7, 11) is 1.62. The van der Waals surface area contributed by atoms with Crippen LogP contribution in [0.4, 0.5) is 0 Å². The second-order valence-electron chi connectivity index (χ2n) is 3.65. The van der Waals surface area contributed by atoms with Crippen LogP contribution >= 0.6 is 0 Å². The average Bonchev–Trinajstić information content (AvgIpc) is 2.88. The molecule has 0 saturated carbocycles. The Morgan fingerprint density at radius 2 is 2.00 bits per heavy atom. The highest BCUT2D eigenvalue weighted by atomic mass is 16.5. The van der Waals surface area contributed by atoms with Gasteiger partial charge >= 0.3 is 0 Å².